The Hall–Kier alpha value is -2.61. The van der Waals surface area contributed by atoms with E-state index in [4.69, 9.17) is 4.74 Å². The molecule has 1 aromatic carbocycles. The van der Waals surface area contributed by atoms with E-state index in [2.05, 4.69) is 51.0 Å². The largest absolute Gasteiger partial charge is 0.491 e. The Labute approximate surface area is 161 Å². The fourth-order valence-electron chi connectivity index (χ4n) is 3.38. The van der Waals surface area contributed by atoms with E-state index >= 15 is 0 Å². The summed E-state index contributed by atoms with van der Waals surface area (Å²) in [5.74, 6) is 0.473. The van der Waals surface area contributed by atoms with Crippen molar-refractivity contribution in [2.45, 2.75) is 59.8 Å². The maximum absolute atomic E-state index is 13.1. The van der Waals surface area contributed by atoms with Gasteiger partial charge >= 0.3 is 0 Å². The van der Waals surface area contributed by atoms with Crippen LogP contribution in [0.1, 0.15) is 56.0 Å². The molecule has 0 atom stereocenters. The molecule has 0 unspecified atom stereocenters. The normalized spacial score (nSPS) is 10.7. The zero-order chi connectivity index (χ0) is 20.0. The number of ether oxygens (including phenoxy) is 1. The summed E-state index contributed by atoms with van der Waals surface area (Å²) in [5.41, 5.74) is 5.26. The number of aryl methyl sites for hydroxylation is 4. The molecule has 5 heteroatoms. The smallest absolute Gasteiger partial charge is 0.278 e. The van der Waals surface area contributed by atoms with Crippen LogP contribution in [-0.4, -0.2) is 16.4 Å². The van der Waals surface area contributed by atoms with Crippen LogP contribution in [0.25, 0.3) is 11.1 Å². The van der Waals surface area contributed by atoms with Crippen LogP contribution in [0.5, 0.6) is 5.75 Å². The first-order valence-electron chi connectivity index (χ1n) is 9.71. The zero-order valence-electron chi connectivity index (χ0n) is 17.1. The molecule has 0 radical (unpaired) electrons. The molecule has 0 amide bonds. The first-order chi connectivity index (χ1) is 13.0. The van der Waals surface area contributed by atoms with E-state index in [1.165, 1.54) is 10.2 Å². The van der Waals surface area contributed by atoms with Crippen LogP contribution in [-0.2, 0) is 26.3 Å². The van der Waals surface area contributed by atoms with E-state index in [1.54, 1.807) is 7.05 Å². The first kappa shape index (κ1) is 20.7. The van der Waals surface area contributed by atoms with E-state index in [-0.39, 0.29) is 12.0 Å². The Morgan fingerprint density at radius 1 is 1.15 bits per heavy atom. The van der Waals surface area contributed by atoms with Gasteiger partial charge in [-0.2, -0.15) is 10.4 Å². The second kappa shape index (κ2) is 9.36. The van der Waals surface area contributed by atoms with Crippen molar-refractivity contribution >= 4 is 0 Å². The summed E-state index contributed by atoms with van der Waals surface area (Å²) in [7, 11) is 1.63. The Morgan fingerprint density at radius 3 is 2.30 bits per heavy atom. The van der Waals surface area contributed by atoms with Crippen LogP contribution in [0.4, 0.5) is 0 Å². The summed E-state index contributed by atoms with van der Waals surface area (Å²) in [4.78, 5) is 13.1. The second-order valence-electron chi connectivity index (χ2n) is 6.78. The number of hydrogen-bond donors (Lipinski definition) is 0. The van der Waals surface area contributed by atoms with Crippen molar-refractivity contribution in [3.8, 4) is 22.9 Å². The molecular formula is C22H29N3O2. The third-order valence-electron chi connectivity index (χ3n) is 4.72. The average molecular weight is 367 g/mol. The summed E-state index contributed by atoms with van der Waals surface area (Å²) in [6, 6.07) is 6.41. The van der Waals surface area contributed by atoms with E-state index in [0.29, 0.717) is 23.6 Å². The van der Waals surface area contributed by atoms with Crippen molar-refractivity contribution in [2.24, 2.45) is 7.05 Å². The lowest BCUT2D eigenvalue weighted by Crippen LogP contribution is -2.25. The number of rotatable bonds is 8. The zero-order valence-corrected chi connectivity index (χ0v) is 17.1. The maximum atomic E-state index is 13.1. The van der Waals surface area contributed by atoms with Crippen molar-refractivity contribution in [1.29, 1.82) is 5.26 Å². The Bertz CT molecular complexity index is 882. The number of hydrogen-bond acceptors (Lipinski definition) is 4. The monoisotopic (exact) mass is 367 g/mol. The summed E-state index contributed by atoms with van der Waals surface area (Å²) in [5, 5.41) is 13.6. The molecule has 0 saturated heterocycles. The van der Waals surface area contributed by atoms with Crippen LogP contribution in [0, 0.1) is 18.3 Å². The van der Waals surface area contributed by atoms with Gasteiger partial charge in [-0.3, -0.25) is 4.79 Å². The number of nitriles is 1. The third kappa shape index (κ3) is 4.39. The molecule has 5 nitrogen and oxygen atoms in total. The van der Waals surface area contributed by atoms with E-state index in [1.807, 2.05) is 0 Å². The number of nitrogens with zero attached hydrogens (tertiary/aromatic N) is 3. The Kier molecular flexibility index (Phi) is 7.18. The summed E-state index contributed by atoms with van der Waals surface area (Å²) in [6.45, 7) is 8.86. The van der Waals surface area contributed by atoms with Gasteiger partial charge in [-0.25, -0.2) is 4.68 Å². The number of aromatic nitrogens is 2. The van der Waals surface area contributed by atoms with Gasteiger partial charge in [0.2, 0.25) is 0 Å². The van der Waals surface area contributed by atoms with E-state index < -0.39 is 0 Å². The Balaban J connectivity index is 2.86. The first-order valence-corrected chi connectivity index (χ1v) is 9.71. The molecule has 1 heterocycles. The second-order valence-corrected chi connectivity index (χ2v) is 6.78. The fraction of sp³-hybridized carbons (Fsp3) is 0.500. The predicted molar refractivity (Wildman–Crippen MR) is 108 cm³/mol. The van der Waals surface area contributed by atoms with E-state index in [9.17, 15) is 10.1 Å². The van der Waals surface area contributed by atoms with Crippen molar-refractivity contribution in [1.82, 2.24) is 9.78 Å². The molecule has 0 bridgehead atoms. The molecule has 0 aliphatic rings. The molecule has 0 fully saturated rings. The summed E-state index contributed by atoms with van der Waals surface area (Å²) >= 11 is 0. The van der Waals surface area contributed by atoms with Gasteiger partial charge in [-0.15, -0.1) is 0 Å². The van der Waals surface area contributed by atoms with Gasteiger partial charge in [0, 0.05) is 7.05 Å². The molecule has 2 rings (SSSR count). The van der Waals surface area contributed by atoms with Gasteiger partial charge < -0.3 is 4.74 Å². The summed E-state index contributed by atoms with van der Waals surface area (Å²) in [6.07, 6.45) is 3.62. The molecule has 1 aromatic heterocycles. The molecule has 144 valence electrons. The number of benzene rings is 1. The highest BCUT2D eigenvalue weighted by atomic mass is 16.5. The lowest BCUT2D eigenvalue weighted by molar-refractivity contribution is 0.304. The van der Waals surface area contributed by atoms with E-state index in [0.717, 1.165) is 42.4 Å². The van der Waals surface area contributed by atoms with Gasteiger partial charge in [0.25, 0.3) is 5.56 Å². The average Bonchev–Trinajstić information content (AvgIpc) is 2.65. The quantitative estimate of drug-likeness (QED) is 0.658. The van der Waals surface area contributed by atoms with Crippen LogP contribution < -0.4 is 10.3 Å². The standard InChI is InChI=1S/C22H29N3O2/c1-6-9-12-27-21-18(10-11-23)24-25(5)22(26)20(21)19-16(7-2)13-15(4)14-17(19)8-3/h13-14H,6-10,12H2,1-5H3. The molecule has 2 aromatic rings. The van der Waals surface area contributed by atoms with Crippen molar-refractivity contribution in [3.63, 3.8) is 0 Å². The van der Waals surface area contributed by atoms with Crippen molar-refractivity contribution in [2.75, 3.05) is 6.61 Å². The van der Waals surface area contributed by atoms with Crippen LogP contribution in [0.3, 0.4) is 0 Å². The Morgan fingerprint density at radius 2 is 1.78 bits per heavy atom. The van der Waals surface area contributed by atoms with Crippen LogP contribution >= 0.6 is 0 Å². The molecule has 0 aliphatic carbocycles. The minimum atomic E-state index is -0.184. The molecule has 27 heavy (non-hydrogen) atoms. The molecule has 0 saturated carbocycles. The molecule has 0 N–H and O–H groups in total. The molecular weight excluding hydrogens is 338 g/mol. The highest BCUT2D eigenvalue weighted by molar-refractivity contribution is 5.77. The van der Waals surface area contributed by atoms with Gasteiger partial charge in [0.1, 0.15) is 5.69 Å². The minimum Gasteiger partial charge on any atom is -0.491 e. The minimum absolute atomic E-state index is 0.108. The number of unbranched alkanes of at least 4 members (excludes halogenated alkanes) is 1. The van der Waals surface area contributed by atoms with Crippen LogP contribution in [0.2, 0.25) is 0 Å². The highest BCUT2D eigenvalue weighted by Crippen LogP contribution is 2.36. The van der Waals surface area contributed by atoms with Gasteiger partial charge in [0.15, 0.2) is 5.75 Å². The molecule has 0 spiro atoms. The SMILES string of the molecule is CCCCOc1c(CC#N)nn(C)c(=O)c1-c1c(CC)cc(C)cc1CC. The highest BCUT2D eigenvalue weighted by Gasteiger charge is 2.23. The van der Waals surface area contributed by atoms with Crippen molar-refractivity contribution in [3.05, 3.63) is 44.9 Å². The summed E-state index contributed by atoms with van der Waals surface area (Å²) < 4.78 is 7.38. The van der Waals surface area contributed by atoms with Gasteiger partial charge in [0.05, 0.1) is 24.7 Å². The topological polar surface area (TPSA) is 67.9 Å². The maximum Gasteiger partial charge on any atom is 0.278 e. The third-order valence-corrected chi connectivity index (χ3v) is 4.72. The van der Waals surface area contributed by atoms with Crippen LogP contribution in [0.15, 0.2) is 16.9 Å². The van der Waals surface area contributed by atoms with Gasteiger partial charge in [-0.05, 0) is 42.9 Å². The predicted octanol–water partition coefficient (Wildman–Crippen LogP) is 4.13. The fourth-order valence-corrected chi connectivity index (χ4v) is 3.38. The van der Waals surface area contributed by atoms with Gasteiger partial charge in [-0.1, -0.05) is 44.9 Å². The lowest BCUT2D eigenvalue weighted by atomic mass is 9.90. The lowest BCUT2D eigenvalue weighted by Gasteiger charge is -2.20. The van der Waals surface area contributed by atoms with Crippen molar-refractivity contribution < 1.29 is 4.74 Å². The molecule has 0 aliphatic heterocycles.